The molecule has 5 heteroatoms. The minimum Gasteiger partial charge on any atom is -0.349 e. The van der Waals surface area contributed by atoms with Crippen molar-refractivity contribution in [2.75, 3.05) is 0 Å². The number of imidazole rings is 1. The van der Waals surface area contributed by atoms with Crippen molar-refractivity contribution in [1.29, 1.82) is 0 Å². The van der Waals surface area contributed by atoms with Crippen molar-refractivity contribution >= 4 is 16.9 Å². The lowest BCUT2D eigenvalue weighted by Crippen LogP contribution is -2.26. The first-order valence-electron chi connectivity index (χ1n) is 7.72. The van der Waals surface area contributed by atoms with Crippen molar-refractivity contribution in [3.63, 3.8) is 0 Å². The van der Waals surface area contributed by atoms with E-state index in [4.69, 9.17) is 5.73 Å². The lowest BCUT2D eigenvalue weighted by atomic mass is 10.1. The van der Waals surface area contributed by atoms with Crippen LogP contribution in [0.15, 0.2) is 18.2 Å². The molecule has 3 N–H and O–H groups in total. The summed E-state index contributed by atoms with van der Waals surface area (Å²) in [5, 5.41) is 3.08. The number of rotatable bonds is 4. The maximum absolute atomic E-state index is 12.5. The van der Waals surface area contributed by atoms with Crippen LogP contribution < -0.4 is 11.1 Å². The molecule has 2 aliphatic carbocycles. The summed E-state index contributed by atoms with van der Waals surface area (Å²) < 4.78 is 2.20. The molecule has 2 fully saturated rings. The van der Waals surface area contributed by atoms with Gasteiger partial charge in [0.05, 0.1) is 22.6 Å². The molecular formula is C16H20N4O. The summed E-state index contributed by atoms with van der Waals surface area (Å²) in [6.07, 6.45) is 4.47. The van der Waals surface area contributed by atoms with E-state index in [1.54, 1.807) is 0 Å². The molecule has 0 aliphatic heterocycles. The van der Waals surface area contributed by atoms with Crippen molar-refractivity contribution in [3.8, 4) is 0 Å². The van der Waals surface area contributed by atoms with Crippen molar-refractivity contribution in [3.05, 3.63) is 29.6 Å². The van der Waals surface area contributed by atoms with E-state index in [1.807, 2.05) is 25.1 Å². The molecule has 4 rings (SSSR count). The van der Waals surface area contributed by atoms with Crippen molar-refractivity contribution in [2.45, 2.75) is 50.7 Å². The van der Waals surface area contributed by atoms with Gasteiger partial charge in [0.2, 0.25) is 0 Å². The molecule has 110 valence electrons. The third-order valence-corrected chi connectivity index (χ3v) is 4.21. The number of para-hydroxylation sites is 1. The van der Waals surface area contributed by atoms with Gasteiger partial charge in [-0.25, -0.2) is 4.98 Å². The summed E-state index contributed by atoms with van der Waals surface area (Å²) in [4.78, 5) is 17.2. The number of aromatic nitrogens is 2. The molecule has 1 aromatic heterocycles. The molecule has 0 saturated heterocycles. The van der Waals surface area contributed by atoms with E-state index in [0.29, 0.717) is 12.1 Å². The zero-order chi connectivity index (χ0) is 14.6. The Kier molecular flexibility index (Phi) is 2.79. The number of carbonyl (C=O) groups is 1. The summed E-state index contributed by atoms with van der Waals surface area (Å²) in [5.41, 5.74) is 8.63. The summed E-state index contributed by atoms with van der Waals surface area (Å²) in [7, 11) is 0. The first kappa shape index (κ1) is 12.8. The van der Waals surface area contributed by atoms with Crippen molar-refractivity contribution < 1.29 is 4.79 Å². The van der Waals surface area contributed by atoms with Gasteiger partial charge in [0, 0.05) is 12.1 Å². The molecule has 2 saturated carbocycles. The molecule has 0 bridgehead atoms. The largest absolute Gasteiger partial charge is 0.349 e. The number of nitrogens with zero attached hydrogens (tertiary/aromatic N) is 2. The van der Waals surface area contributed by atoms with Gasteiger partial charge in [-0.3, -0.25) is 4.79 Å². The fraction of sp³-hybridized carbons (Fsp3) is 0.500. The van der Waals surface area contributed by atoms with E-state index in [2.05, 4.69) is 14.9 Å². The predicted molar refractivity (Wildman–Crippen MR) is 81.1 cm³/mol. The van der Waals surface area contributed by atoms with Gasteiger partial charge in [0.15, 0.2) is 0 Å². The van der Waals surface area contributed by atoms with Crippen LogP contribution in [0.25, 0.3) is 11.0 Å². The highest BCUT2D eigenvalue weighted by Crippen LogP contribution is 2.40. The number of nitrogens with one attached hydrogen (secondary N) is 1. The second-order valence-corrected chi connectivity index (χ2v) is 6.28. The van der Waals surface area contributed by atoms with Crippen LogP contribution in [0, 0.1) is 0 Å². The highest BCUT2D eigenvalue weighted by molar-refractivity contribution is 6.05. The Morgan fingerprint density at radius 2 is 2.14 bits per heavy atom. The molecule has 5 nitrogen and oxygen atoms in total. The number of hydrogen-bond acceptors (Lipinski definition) is 3. The number of fused-ring (bicyclic) bond motifs is 1. The number of benzene rings is 1. The molecule has 0 radical (unpaired) electrons. The first-order chi connectivity index (χ1) is 10.1. The predicted octanol–water partition coefficient (Wildman–Crippen LogP) is 2.28. The zero-order valence-electron chi connectivity index (χ0n) is 12.2. The molecule has 2 aromatic rings. The second kappa shape index (κ2) is 4.56. The van der Waals surface area contributed by atoms with Gasteiger partial charge in [0.25, 0.3) is 5.91 Å². The first-order valence-corrected chi connectivity index (χ1v) is 7.72. The van der Waals surface area contributed by atoms with Crippen LogP contribution in [0.5, 0.6) is 0 Å². The maximum atomic E-state index is 12.5. The molecule has 1 heterocycles. The van der Waals surface area contributed by atoms with E-state index < -0.39 is 0 Å². The number of nitrogens with two attached hydrogens (primary N) is 1. The van der Waals surface area contributed by atoms with Crippen LogP contribution >= 0.6 is 0 Å². The lowest BCUT2D eigenvalue weighted by molar-refractivity contribution is 0.0952. The average Bonchev–Trinajstić information content (AvgIpc) is 3.37. The quantitative estimate of drug-likeness (QED) is 0.904. The van der Waals surface area contributed by atoms with Gasteiger partial charge in [-0.15, -0.1) is 0 Å². The van der Waals surface area contributed by atoms with E-state index in [9.17, 15) is 4.79 Å². The SMILES string of the molecule is C[C@H](N)c1nc2cccc(C(=O)NC3CC3)c2n1C1CC1. The normalized spacial score (nSPS) is 19.7. The number of amides is 1. The highest BCUT2D eigenvalue weighted by Gasteiger charge is 2.32. The summed E-state index contributed by atoms with van der Waals surface area (Å²) >= 11 is 0. The standard InChI is InChI=1S/C16H20N4O/c1-9(17)15-19-13-4-2-3-12(16(21)18-10-5-6-10)14(13)20(15)11-7-8-11/h2-4,9-11H,5-8,17H2,1H3,(H,18,21)/t9-/m0/s1. The van der Waals surface area contributed by atoms with Crippen LogP contribution in [0.2, 0.25) is 0 Å². The Morgan fingerprint density at radius 3 is 2.76 bits per heavy atom. The molecule has 0 unspecified atom stereocenters. The fourth-order valence-corrected chi connectivity index (χ4v) is 2.86. The average molecular weight is 284 g/mol. The monoisotopic (exact) mass is 284 g/mol. The molecule has 2 aliphatic rings. The van der Waals surface area contributed by atoms with Crippen LogP contribution in [0.1, 0.15) is 60.9 Å². The molecule has 0 spiro atoms. The maximum Gasteiger partial charge on any atom is 0.253 e. The zero-order valence-corrected chi connectivity index (χ0v) is 12.2. The Bertz CT molecular complexity index is 710. The smallest absolute Gasteiger partial charge is 0.253 e. The topological polar surface area (TPSA) is 72.9 Å². The minimum atomic E-state index is -0.127. The Hall–Kier alpha value is -1.88. The van der Waals surface area contributed by atoms with Gasteiger partial charge in [0.1, 0.15) is 5.82 Å². The number of carbonyl (C=O) groups excluding carboxylic acids is 1. The third-order valence-electron chi connectivity index (χ3n) is 4.21. The van der Waals surface area contributed by atoms with Crippen LogP contribution in [0.3, 0.4) is 0 Å². The van der Waals surface area contributed by atoms with E-state index >= 15 is 0 Å². The van der Waals surface area contributed by atoms with Crippen LogP contribution in [-0.4, -0.2) is 21.5 Å². The van der Waals surface area contributed by atoms with Crippen molar-refractivity contribution in [1.82, 2.24) is 14.9 Å². The van der Waals surface area contributed by atoms with Crippen LogP contribution in [0.4, 0.5) is 0 Å². The van der Waals surface area contributed by atoms with E-state index in [-0.39, 0.29) is 11.9 Å². The van der Waals surface area contributed by atoms with Gasteiger partial charge < -0.3 is 15.6 Å². The summed E-state index contributed by atoms with van der Waals surface area (Å²) in [6.45, 7) is 1.95. The molecule has 1 amide bonds. The van der Waals surface area contributed by atoms with Gasteiger partial charge in [-0.05, 0) is 44.7 Å². The lowest BCUT2D eigenvalue weighted by Gasteiger charge is -2.12. The van der Waals surface area contributed by atoms with Gasteiger partial charge in [-0.2, -0.15) is 0 Å². The van der Waals surface area contributed by atoms with Gasteiger partial charge >= 0.3 is 0 Å². The molecule has 1 atom stereocenters. The van der Waals surface area contributed by atoms with E-state index in [0.717, 1.165) is 48.1 Å². The highest BCUT2D eigenvalue weighted by atomic mass is 16.1. The number of hydrogen-bond donors (Lipinski definition) is 2. The van der Waals surface area contributed by atoms with Crippen molar-refractivity contribution in [2.24, 2.45) is 5.73 Å². The second-order valence-electron chi connectivity index (χ2n) is 6.28. The van der Waals surface area contributed by atoms with Crippen LogP contribution in [-0.2, 0) is 0 Å². The summed E-state index contributed by atoms with van der Waals surface area (Å²) in [6, 6.07) is 6.44. The van der Waals surface area contributed by atoms with E-state index in [1.165, 1.54) is 0 Å². The molecule has 21 heavy (non-hydrogen) atoms. The minimum absolute atomic E-state index is 0.0149. The molecule has 1 aromatic carbocycles. The summed E-state index contributed by atoms with van der Waals surface area (Å²) in [5.74, 6) is 0.903. The molecular weight excluding hydrogens is 264 g/mol. The Balaban J connectivity index is 1.87. The Morgan fingerprint density at radius 1 is 1.38 bits per heavy atom. The Labute approximate surface area is 123 Å². The fourth-order valence-electron chi connectivity index (χ4n) is 2.86. The third kappa shape index (κ3) is 2.21. The van der Waals surface area contributed by atoms with Gasteiger partial charge in [-0.1, -0.05) is 6.07 Å².